The largest absolute Gasteiger partial charge is 0.508 e. The number of aromatic amines is 1. The number of carboxylic acids is 1. The second-order valence-corrected chi connectivity index (χ2v) is 3.46. The number of nitrogens with zero attached hydrogens (tertiary/aromatic N) is 1. The molecule has 0 amide bonds. The van der Waals surface area contributed by atoms with Crippen LogP contribution in [0.5, 0.6) is 5.75 Å². The first-order valence-electron chi connectivity index (χ1n) is 4.36. The lowest BCUT2D eigenvalue weighted by molar-refractivity contribution is 0.0692. The van der Waals surface area contributed by atoms with Gasteiger partial charge in [0.1, 0.15) is 11.4 Å². The highest BCUT2D eigenvalue weighted by Gasteiger charge is 2.16. The average Bonchev–Trinajstić information content (AvgIpc) is 2.61. The Bertz CT molecular complexity index is 533. The summed E-state index contributed by atoms with van der Waals surface area (Å²) in [6, 6.07) is 6.02. The predicted octanol–water partition coefficient (Wildman–Crippen LogP) is 2.13. The molecule has 0 aliphatic heterocycles. The molecule has 0 unspecified atom stereocenters. The number of aromatic carboxylic acids is 1. The van der Waals surface area contributed by atoms with Gasteiger partial charge >= 0.3 is 5.97 Å². The number of H-pyrrole nitrogens is 1. The molecule has 0 aliphatic rings. The Balaban J connectivity index is 2.55. The Labute approximate surface area is 95.3 Å². The lowest BCUT2D eigenvalue weighted by atomic mass is 10.1. The number of imidazole rings is 1. The first kappa shape index (κ1) is 10.5. The molecule has 3 N–H and O–H groups in total. The first-order valence-corrected chi connectivity index (χ1v) is 4.74. The van der Waals surface area contributed by atoms with Crippen molar-refractivity contribution in [3.63, 3.8) is 0 Å². The number of carboxylic acid groups (broad SMARTS) is 1. The maximum absolute atomic E-state index is 10.9. The highest BCUT2D eigenvalue weighted by atomic mass is 35.5. The molecule has 5 nitrogen and oxygen atoms in total. The van der Waals surface area contributed by atoms with Gasteiger partial charge in [-0.15, -0.1) is 0 Å². The van der Waals surface area contributed by atoms with Crippen LogP contribution in [0.1, 0.15) is 10.5 Å². The number of carbonyl (C=O) groups is 1. The molecular formula is C10H7ClN2O3. The molecule has 0 fully saturated rings. The van der Waals surface area contributed by atoms with Crippen molar-refractivity contribution in [1.29, 1.82) is 0 Å². The summed E-state index contributed by atoms with van der Waals surface area (Å²) in [5.41, 5.74) is 0.742. The molecule has 0 spiro atoms. The second-order valence-electron chi connectivity index (χ2n) is 3.10. The molecule has 0 saturated heterocycles. The lowest BCUT2D eigenvalue weighted by Gasteiger charge is -1.98. The van der Waals surface area contributed by atoms with Gasteiger partial charge in [-0.1, -0.05) is 0 Å². The SMILES string of the molecule is O=C(O)c1[nH]c(Cl)nc1-c1ccc(O)cc1. The Morgan fingerprint density at radius 3 is 2.50 bits per heavy atom. The van der Waals surface area contributed by atoms with Gasteiger partial charge in [-0.3, -0.25) is 0 Å². The van der Waals surface area contributed by atoms with E-state index in [0.717, 1.165) is 0 Å². The fraction of sp³-hybridized carbons (Fsp3) is 0. The van der Waals surface area contributed by atoms with Crippen molar-refractivity contribution in [2.24, 2.45) is 0 Å². The van der Waals surface area contributed by atoms with Crippen LogP contribution in [0.25, 0.3) is 11.3 Å². The summed E-state index contributed by atoms with van der Waals surface area (Å²) < 4.78 is 0. The van der Waals surface area contributed by atoms with Crippen LogP contribution in [0.15, 0.2) is 24.3 Å². The van der Waals surface area contributed by atoms with Crippen molar-refractivity contribution >= 4 is 17.6 Å². The van der Waals surface area contributed by atoms with E-state index in [-0.39, 0.29) is 22.4 Å². The van der Waals surface area contributed by atoms with E-state index < -0.39 is 5.97 Å². The number of rotatable bonds is 2. The molecule has 2 aromatic rings. The van der Waals surface area contributed by atoms with Crippen molar-refractivity contribution in [2.75, 3.05) is 0 Å². The second kappa shape index (κ2) is 3.86. The minimum atomic E-state index is -1.14. The minimum Gasteiger partial charge on any atom is -0.508 e. The number of phenols is 1. The monoisotopic (exact) mass is 238 g/mol. The van der Waals surface area contributed by atoms with E-state index in [2.05, 4.69) is 9.97 Å². The standard InChI is InChI=1S/C10H7ClN2O3/c11-10-12-7(8(13-10)9(15)16)5-1-3-6(14)4-2-5/h1-4,14H,(H,12,13)(H,15,16). The number of aromatic hydroxyl groups is 1. The van der Waals surface area contributed by atoms with E-state index >= 15 is 0 Å². The molecule has 6 heteroatoms. The quantitative estimate of drug-likeness (QED) is 0.748. The maximum atomic E-state index is 10.9. The van der Waals surface area contributed by atoms with Gasteiger partial charge in [-0.2, -0.15) is 0 Å². The topological polar surface area (TPSA) is 86.2 Å². The average molecular weight is 239 g/mol. The van der Waals surface area contributed by atoms with Crippen LogP contribution in [0.3, 0.4) is 0 Å². The molecule has 0 radical (unpaired) electrons. The smallest absolute Gasteiger partial charge is 0.354 e. The Morgan fingerprint density at radius 1 is 1.31 bits per heavy atom. The fourth-order valence-corrected chi connectivity index (χ4v) is 1.51. The summed E-state index contributed by atoms with van der Waals surface area (Å²) in [6.45, 7) is 0. The van der Waals surface area contributed by atoms with E-state index in [1.54, 1.807) is 12.1 Å². The molecule has 82 valence electrons. The van der Waals surface area contributed by atoms with Crippen molar-refractivity contribution in [3.8, 4) is 17.0 Å². The summed E-state index contributed by atoms with van der Waals surface area (Å²) in [7, 11) is 0. The number of phenolic OH excluding ortho intramolecular Hbond substituents is 1. The predicted molar refractivity (Wildman–Crippen MR) is 57.7 cm³/mol. The maximum Gasteiger partial charge on any atom is 0.354 e. The number of nitrogens with one attached hydrogen (secondary N) is 1. The number of hydrogen-bond acceptors (Lipinski definition) is 3. The van der Waals surface area contributed by atoms with Gasteiger partial charge < -0.3 is 15.2 Å². The molecule has 16 heavy (non-hydrogen) atoms. The van der Waals surface area contributed by atoms with E-state index in [0.29, 0.717) is 5.56 Å². The van der Waals surface area contributed by atoms with Crippen LogP contribution in [-0.4, -0.2) is 26.2 Å². The van der Waals surface area contributed by atoms with Gasteiger partial charge in [0.05, 0.1) is 0 Å². The zero-order chi connectivity index (χ0) is 11.7. The van der Waals surface area contributed by atoms with Gasteiger partial charge in [0.15, 0.2) is 5.69 Å². The lowest BCUT2D eigenvalue weighted by Crippen LogP contribution is -1.98. The van der Waals surface area contributed by atoms with Gasteiger partial charge in [-0.25, -0.2) is 9.78 Å². The third-order valence-corrected chi connectivity index (χ3v) is 2.21. The Morgan fingerprint density at radius 2 is 1.94 bits per heavy atom. The highest BCUT2D eigenvalue weighted by Crippen LogP contribution is 2.25. The molecule has 0 atom stereocenters. The number of benzene rings is 1. The van der Waals surface area contributed by atoms with Crippen LogP contribution in [-0.2, 0) is 0 Å². The van der Waals surface area contributed by atoms with E-state index in [1.807, 2.05) is 0 Å². The molecule has 0 bridgehead atoms. The molecule has 0 saturated carbocycles. The van der Waals surface area contributed by atoms with Crippen LogP contribution < -0.4 is 0 Å². The van der Waals surface area contributed by atoms with Gasteiger partial charge in [0, 0.05) is 5.56 Å². The third kappa shape index (κ3) is 1.85. The van der Waals surface area contributed by atoms with Gasteiger partial charge in [-0.05, 0) is 35.9 Å². The van der Waals surface area contributed by atoms with Crippen molar-refractivity contribution in [1.82, 2.24) is 9.97 Å². The van der Waals surface area contributed by atoms with E-state index in [4.69, 9.17) is 21.8 Å². The normalized spacial score (nSPS) is 10.3. The summed E-state index contributed by atoms with van der Waals surface area (Å²) in [6.07, 6.45) is 0. The summed E-state index contributed by atoms with van der Waals surface area (Å²) in [4.78, 5) is 17.2. The zero-order valence-electron chi connectivity index (χ0n) is 7.94. The van der Waals surface area contributed by atoms with Crippen molar-refractivity contribution in [2.45, 2.75) is 0 Å². The summed E-state index contributed by atoms with van der Waals surface area (Å²) in [5.74, 6) is -1.04. The fourth-order valence-electron chi connectivity index (χ4n) is 1.33. The van der Waals surface area contributed by atoms with E-state index in [1.165, 1.54) is 12.1 Å². The van der Waals surface area contributed by atoms with Crippen LogP contribution in [0.4, 0.5) is 0 Å². The summed E-state index contributed by atoms with van der Waals surface area (Å²) in [5, 5.41) is 18.0. The zero-order valence-corrected chi connectivity index (χ0v) is 8.69. The molecular weight excluding hydrogens is 232 g/mol. The number of halogens is 1. The van der Waals surface area contributed by atoms with Crippen LogP contribution in [0, 0.1) is 0 Å². The van der Waals surface area contributed by atoms with Gasteiger partial charge in [0.2, 0.25) is 5.28 Å². The van der Waals surface area contributed by atoms with Crippen molar-refractivity contribution in [3.05, 3.63) is 35.2 Å². The van der Waals surface area contributed by atoms with Gasteiger partial charge in [0.25, 0.3) is 0 Å². The Hall–Kier alpha value is -2.01. The van der Waals surface area contributed by atoms with E-state index in [9.17, 15) is 4.79 Å². The number of hydrogen-bond donors (Lipinski definition) is 3. The van der Waals surface area contributed by atoms with Crippen molar-refractivity contribution < 1.29 is 15.0 Å². The van der Waals surface area contributed by atoms with Crippen LogP contribution in [0.2, 0.25) is 5.28 Å². The molecule has 1 aromatic heterocycles. The molecule has 0 aliphatic carbocycles. The number of aromatic nitrogens is 2. The van der Waals surface area contributed by atoms with Crippen LogP contribution >= 0.6 is 11.6 Å². The highest BCUT2D eigenvalue weighted by molar-refractivity contribution is 6.28. The molecule has 1 heterocycles. The molecule has 2 rings (SSSR count). The Kier molecular flexibility index (Phi) is 2.54. The third-order valence-electron chi connectivity index (χ3n) is 2.03. The molecule has 1 aromatic carbocycles. The minimum absolute atomic E-state index is 0.0143. The first-order chi connectivity index (χ1) is 7.58. The summed E-state index contributed by atoms with van der Waals surface area (Å²) >= 11 is 5.61.